The molecule has 0 saturated carbocycles. The largest absolute Gasteiger partial charge is 0.395 e. The maximum absolute atomic E-state index is 11.2. The van der Waals surface area contributed by atoms with Crippen LogP contribution in [-0.4, -0.2) is 38.1 Å². The van der Waals surface area contributed by atoms with Gasteiger partial charge in [-0.3, -0.25) is 15.1 Å². The first-order valence-corrected chi connectivity index (χ1v) is 8.28. The molecular weight excluding hydrogens is 348 g/mol. The number of benzene rings is 1. The van der Waals surface area contributed by atoms with E-state index in [0.29, 0.717) is 29.6 Å². The molecule has 0 unspecified atom stereocenters. The molecule has 2 heterocycles. The Kier molecular flexibility index (Phi) is 5.85. The SMILES string of the molecule is O=[N+]([O-])c1ccccc1CNc1cc(-c2ccncc2)nc(NCCO)n1. The molecule has 9 nitrogen and oxygen atoms in total. The van der Waals surface area contributed by atoms with Crippen LogP contribution in [0.25, 0.3) is 11.3 Å². The zero-order chi connectivity index (χ0) is 19.1. The lowest BCUT2D eigenvalue weighted by Gasteiger charge is -2.11. The van der Waals surface area contributed by atoms with Crippen molar-refractivity contribution < 1.29 is 10.0 Å². The minimum Gasteiger partial charge on any atom is -0.395 e. The molecule has 0 saturated heterocycles. The van der Waals surface area contributed by atoms with Crippen LogP contribution in [0, 0.1) is 10.1 Å². The Hall–Kier alpha value is -3.59. The number of para-hydroxylation sites is 1. The fourth-order valence-electron chi connectivity index (χ4n) is 2.48. The van der Waals surface area contributed by atoms with Gasteiger partial charge in [-0.1, -0.05) is 18.2 Å². The predicted octanol–water partition coefficient (Wildman–Crippen LogP) is 2.46. The summed E-state index contributed by atoms with van der Waals surface area (Å²) in [7, 11) is 0. The third-order valence-electron chi connectivity index (χ3n) is 3.75. The van der Waals surface area contributed by atoms with E-state index in [0.717, 1.165) is 5.56 Å². The van der Waals surface area contributed by atoms with Gasteiger partial charge >= 0.3 is 0 Å². The molecule has 0 aliphatic rings. The monoisotopic (exact) mass is 366 g/mol. The van der Waals surface area contributed by atoms with Gasteiger partial charge in [-0.2, -0.15) is 4.98 Å². The minimum atomic E-state index is -0.409. The number of hydrogen-bond donors (Lipinski definition) is 3. The third-order valence-corrected chi connectivity index (χ3v) is 3.75. The van der Waals surface area contributed by atoms with Gasteiger partial charge in [-0.05, 0) is 12.1 Å². The van der Waals surface area contributed by atoms with Crippen molar-refractivity contribution in [3.8, 4) is 11.3 Å². The highest BCUT2D eigenvalue weighted by molar-refractivity contribution is 5.64. The number of pyridine rings is 1. The molecule has 0 spiro atoms. The molecule has 2 aromatic heterocycles. The number of aliphatic hydroxyl groups is 1. The zero-order valence-corrected chi connectivity index (χ0v) is 14.4. The van der Waals surface area contributed by atoms with Gasteiger partial charge in [0.15, 0.2) is 0 Å². The average Bonchev–Trinajstić information content (AvgIpc) is 2.71. The van der Waals surface area contributed by atoms with Crippen LogP contribution in [0.2, 0.25) is 0 Å². The summed E-state index contributed by atoms with van der Waals surface area (Å²) >= 11 is 0. The molecule has 138 valence electrons. The fraction of sp³-hybridized carbons (Fsp3) is 0.167. The number of rotatable bonds is 8. The summed E-state index contributed by atoms with van der Waals surface area (Å²) in [6, 6.07) is 11.9. The van der Waals surface area contributed by atoms with E-state index in [2.05, 4.69) is 25.6 Å². The summed E-state index contributed by atoms with van der Waals surface area (Å²) in [5, 5.41) is 26.2. The molecule has 0 aliphatic carbocycles. The summed E-state index contributed by atoms with van der Waals surface area (Å²) in [5.41, 5.74) is 2.12. The number of nitrogens with one attached hydrogen (secondary N) is 2. The molecule has 1 aromatic carbocycles. The van der Waals surface area contributed by atoms with Crippen LogP contribution in [-0.2, 0) is 6.54 Å². The number of nitrogens with zero attached hydrogens (tertiary/aromatic N) is 4. The van der Waals surface area contributed by atoms with Crippen molar-refractivity contribution >= 4 is 17.5 Å². The van der Waals surface area contributed by atoms with Crippen LogP contribution in [0.1, 0.15) is 5.56 Å². The molecule has 3 rings (SSSR count). The number of aliphatic hydroxyl groups excluding tert-OH is 1. The van der Waals surface area contributed by atoms with E-state index in [-0.39, 0.29) is 18.8 Å². The van der Waals surface area contributed by atoms with Crippen LogP contribution >= 0.6 is 0 Å². The maximum Gasteiger partial charge on any atom is 0.274 e. The maximum atomic E-state index is 11.2. The Morgan fingerprint density at radius 3 is 2.59 bits per heavy atom. The zero-order valence-electron chi connectivity index (χ0n) is 14.4. The molecule has 27 heavy (non-hydrogen) atoms. The number of nitro groups is 1. The summed E-state index contributed by atoms with van der Waals surface area (Å²) in [5.74, 6) is 0.860. The Morgan fingerprint density at radius 1 is 1.07 bits per heavy atom. The lowest BCUT2D eigenvalue weighted by atomic mass is 10.1. The first-order chi connectivity index (χ1) is 13.2. The smallest absolute Gasteiger partial charge is 0.274 e. The molecule has 0 bridgehead atoms. The van der Waals surface area contributed by atoms with Crippen molar-refractivity contribution in [3.63, 3.8) is 0 Å². The van der Waals surface area contributed by atoms with Crippen LogP contribution in [0.3, 0.4) is 0 Å². The third kappa shape index (κ3) is 4.73. The van der Waals surface area contributed by atoms with E-state index in [1.54, 1.807) is 36.7 Å². The van der Waals surface area contributed by atoms with Crippen LogP contribution < -0.4 is 10.6 Å². The normalized spacial score (nSPS) is 10.4. The van der Waals surface area contributed by atoms with Crippen molar-refractivity contribution in [3.05, 3.63) is 70.5 Å². The highest BCUT2D eigenvalue weighted by Gasteiger charge is 2.13. The van der Waals surface area contributed by atoms with Gasteiger partial charge in [0.25, 0.3) is 5.69 Å². The Morgan fingerprint density at radius 2 is 1.85 bits per heavy atom. The Balaban J connectivity index is 1.87. The van der Waals surface area contributed by atoms with Crippen LogP contribution in [0.5, 0.6) is 0 Å². The van der Waals surface area contributed by atoms with Gasteiger partial charge in [0.05, 0.1) is 17.2 Å². The van der Waals surface area contributed by atoms with Gasteiger partial charge in [-0.15, -0.1) is 0 Å². The quantitative estimate of drug-likeness (QED) is 0.410. The molecule has 0 aliphatic heterocycles. The first kappa shape index (κ1) is 18.2. The minimum absolute atomic E-state index is 0.0482. The predicted molar refractivity (Wildman–Crippen MR) is 101 cm³/mol. The van der Waals surface area contributed by atoms with Crippen molar-refractivity contribution in [2.24, 2.45) is 0 Å². The van der Waals surface area contributed by atoms with Crippen molar-refractivity contribution in [2.45, 2.75) is 6.54 Å². The Labute approximate surface area is 155 Å². The molecule has 9 heteroatoms. The first-order valence-electron chi connectivity index (χ1n) is 8.28. The van der Waals surface area contributed by atoms with Crippen molar-refractivity contribution in [2.75, 3.05) is 23.8 Å². The number of nitro benzene ring substituents is 1. The van der Waals surface area contributed by atoms with Gasteiger partial charge in [0.2, 0.25) is 5.95 Å². The van der Waals surface area contributed by atoms with Gasteiger partial charge in [-0.25, -0.2) is 4.98 Å². The highest BCUT2D eigenvalue weighted by atomic mass is 16.6. The van der Waals surface area contributed by atoms with Crippen molar-refractivity contribution in [1.82, 2.24) is 15.0 Å². The Bertz CT molecular complexity index is 920. The summed E-state index contributed by atoms with van der Waals surface area (Å²) < 4.78 is 0. The standard InChI is InChI=1S/C18H18N6O3/c25-10-9-20-18-22-15(13-5-7-19-8-6-13)11-17(23-18)21-12-14-3-1-2-4-16(14)24(26)27/h1-8,11,25H,9-10,12H2,(H2,20,21,22,23). The van der Waals surface area contributed by atoms with Gasteiger partial charge in [0.1, 0.15) is 5.82 Å². The lowest BCUT2D eigenvalue weighted by Crippen LogP contribution is -2.11. The van der Waals surface area contributed by atoms with Crippen LogP contribution in [0.15, 0.2) is 54.9 Å². The molecule has 0 amide bonds. The molecule has 3 N–H and O–H groups in total. The molecule has 0 fully saturated rings. The van der Waals surface area contributed by atoms with Crippen LogP contribution in [0.4, 0.5) is 17.5 Å². The van der Waals surface area contributed by atoms with Gasteiger partial charge in [0, 0.05) is 48.7 Å². The van der Waals surface area contributed by atoms with E-state index in [1.807, 2.05) is 12.1 Å². The number of aromatic nitrogens is 3. The van der Waals surface area contributed by atoms with E-state index in [9.17, 15) is 10.1 Å². The van der Waals surface area contributed by atoms with E-state index in [4.69, 9.17) is 5.11 Å². The summed E-state index contributed by atoms with van der Waals surface area (Å²) in [4.78, 5) is 23.5. The highest BCUT2D eigenvalue weighted by Crippen LogP contribution is 2.23. The van der Waals surface area contributed by atoms with E-state index < -0.39 is 4.92 Å². The second-order valence-corrected chi connectivity index (χ2v) is 5.59. The molecule has 3 aromatic rings. The summed E-state index contributed by atoms with van der Waals surface area (Å²) in [6.07, 6.45) is 3.33. The number of hydrogen-bond acceptors (Lipinski definition) is 8. The second kappa shape index (κ2) is 8.68. The van der Waals surface area contributed by atoms with Gasteiger partial charge < -0.3 is 15.7 Å². The van der Waals surface area contributed by atoms with Crippen molar-refractivity contribution in [1.29, 1.82) is 0 Å². The van der Waals surface area contributed by atoms with E-state index in [1.165, 1.54) is 6.07 Å². The molecule has 0 atom stereocenters. The molecule has 0 radical (unpaired) electrons. The topological polar surface area (TPSA) is 126 Å². The lowest BCUT2D eigenvalue weighted by molar-refractivity contribution is -0.385. The van der Waals surface area contributed by atoms with E-state index >= 15 is 0 Å². The molecular formula is C18H18N6O3. The average molecular weight is 366 g/mol. The fourth-order valence-corrected chi connectivity index (χ4v) is 2.48. The summed E-state index contributed by atoms with van der Waals surface area (Å²) in [6.45, 7) is 0.495. The second-order valence-electron chi connectivity index (χ2n) is 5.59. The number of anilines is 2.